The summed E-state index contributed by atoms with van der Waals surface area (Å²) >= 11 is 0. The second kappa shape index (κ2) is 7.75. The Morgan fingerprint density at radius 3 is 1.52 bits per heavy atom. The molecule has 0 aliphatic heterocycles. The van der Waals surface area contributed by atoms with Gasteiger partial charge in [-0.15, -0.1) is 0 Å². The quantitative estimate of drug-likeness (QED) is 0.692. The Balaban J connectivity index is 1.79. The molecule has 3 aromatic rings. The average Bonchev–Trinajstić information content (AvgIpc) is 2.62. The van der Waals surface area contributed by atoms with Crippen LogP contribution in [0.1, 0.15) is 29.0 Å². The second-order valence-electron chi connectivity index (χ2n) is 5.95. The van der Waals surface area contributed by atoms with Crippen molar-refractivity contribution in [3.63, 3.8) is 0 Å². The maximum absolute atomic E-state index is 10.6. The molecule has 0 radical (unpaired) electrons. The molecule has 23 heavy (non-hydrogen) atoms. The van der Waals surface area contributed by atoms with Crippen LogP contribution in [0.25, 0.3) is 0 Å². The zero-order chi connectivity index (χ0) is 15.9. The lowest BCUT2D eigenvalue weighted by atomic mass is 9.85. The molecular weight excluding hydrogens is 280 g/mol. The van der Waals surface area contributed by atoms with Gasteiger partial charge in [0, 0.05) is 5.92 Å². The number of hydrogen-bond acceptors (Lipinski definition) is 1. The average molecular weight is 302 g/mol. The highest BCUT2D eigenvalue weighted by atomic mass is 16.3. The lowest BCUT2D eigenvalue weighted by molar-refractivity contribution is 0.159. The zero-order valence-electron chi connectivity index (χ0n) is 13.2. The van der Waals surface area contributed by atoms with Gasteiger partial charge in [-0.3, -0.25) is 0 Å². The first-order valence-electron chi connectivity index (χ1n) is 8.15. The molecule has 3 aromatic carbocycles. The summed E-state index contributed by atoms with van der Waals surface area (Å²) in [4.78, 5) is 0. The monoisotopic (exact) mass is 302 g/mol. The minimum Gasteiger partial charge on any atom is -0.393 e. The molecule has 0 amide bonds. The zero-order valence-corrected chi connectivity index (χ0v) is 13.2. The Bertz CT molecular complexity index is 652. The maximum atomic E-state index is 10.6. The van der Waals surface area contributed by atoms with Crippen molar-refractivity contribution in [1.82, 2.24) is 0 Å². The van der Waals surface area contributed by atoms with E-state index < -0.39 is 0 Å². The third-order valence-corrected chi connectivity index (χ3v) is 4.23. The van der Waals surface area contributed by atoms with Gasteiger partial charge >= 0.3 is 0 Å². The Hall–Kier alpha value is -2.38. The highest BCUT2D eigenvalue weighted by Gasteiger charge is 2.18. The summed E-state index contributed by atoms with van der Waals surface area (Å²) in [5.74, 6) is 0.219. The lowest BCUT2D eigenvalue weighted by Gasteiger charge is -2.21. The fraction of sp³-hybridized carbons (Fsp3) is 0.182. The fourth-order valence-corrected chi connectivity index (χ4v) is 3.08. The molecule has 0 bridgehead atoms. The van der Waals surface area contributed by atoms with Gasteiger partial charge in [-0.05, 0) is 29.5 Å². The summed E-state index contributed by atoms with van der Waals surface area (Å²) in [6, 6.07) is 31.1. The molecule has 0 aliphatic carbocycles. The van der Waals surface area contributed by atoms with E-state index in [0.717, 1.165) is 6.42 Å². The third-order valence-electron chi connectivity index (χ3n) is 4.23. The van der Waals surface area contributed by atoms with Crippen LogP contribution in [0.2, 0.25) is 0 Å². The van der Waals surface area contributed by atoms with Crippen LogP contribution in [0.4, 0.5) is 0 Å². The smallest absolute Gasteiger partial charge is 0.0589 e. The predicted molar refractivity (Wildman–Crippen MR) is 95.5 cm³/mol. The van der Waals surface area contributed by atoms with Crippen LogP contribution >= 0.6 is 0 Å². The van der Waals surface area contributed by atoms with Crippen LogP contribution < -0.4 is 0 Å². The second-order valence-corrected chi connectivity index (χ2v) is 5.95. The van der Waals surface area contributed by atoms with Crippen molar-refractivity contribution in [3.8, 4) is 0 Å². The van der Waals surface area contributed by atoms with E-state index in [1.54, 1.807) is 0 Å². The van der Waals surface area contributed by atoms with E-state index in [4.69, 9.17) is 0 Å². The number of rotatable bonds is 6. The van der Waals surface area contributed by atoms with Crippen LogP contribution in [-0.2, 0) is 6.42 Å². The normalized spacial score (nSPS) is 12.3. The summed E-state index contributed by atoms with van der Waals surface area (Å²) in [6.45, 7) is 0. The summed E-state index contributed by atoms with van der Waals surface area (Å²) < 4.78 is 0. The minimum atomic E-state index is -0.359. The van der Waals surface area contributed by atoms with Crippen molar-refractivity contribution in [1.29, 1.82) is 0 Å². The number of aliphatic hydroxyl groups is 1. The standard InChI is InChI=1S/C22H22O/c23-21(16-18-10-4-1-5-11-18)17-22(19-12-6-2-7-13-19)20-14-8-3-9-15-20/h1-15,21-23H,16-17H2. The van der Waals surface area contributed by atoms with Crippen LogP contribution in [0.3, 0.4) is 0 Å². The fourth-order valence-electron chi connectivity index (χ4n) is 3.08. The number of hydrogen-bond donors (Lipinski definition) is 1. The number of benzene rings is 3. The first kappa shape index (κ1) is 15.5. The molecular formula is C22H22O. The molecule has 0 saturated heterocycles. The maximum Gasteiger partial charge on any atom is 0.0589 e. The molecule has 1 atom stereocenters. The highest BCUT2D eigenvalue weighted by Crippen LogP contribution is 2.29. The molecule has 1 unspecified atom stereocenters. The molecule has 3 rings (SSSR count). The summed E-state index contributed by atoms with van der Waals surface area (Å²) in [6.07, 6.45) is 1.06. The van der Waals surface area contributed by atoms with Crippen molar-refractivity contribution in [2.75, 3.05) is 0 Å². The Labute approximate surface area is 138 Å². The van der Waals surface area contributed by atoms with Crippen molar-refractivity contribution in [2.45, 2.75) is 24.9 Å². The van der Waals surface area contributed by atoms with E-state index in [9.17, 15) is 5.11 Å². The molecule has 0 aliphatic rings. The number of aliphatic hydroxyl groups excluding tert-OH is 1. The summed E-state index contributed by atoms with van der Waals surface area (Å²) in [5.41, 5.74) is 3.69. The van der Waals surface area contributed by atoms with Gasteiger partial charge in [0.05, 0.1) is 6.10 Å². The van der Waals surface area contributed by atoms with Gasteiger partial charge in [0.1, 0.15) is 0 Å². The van der Waals surface area contributed by atoms with E-state index in [1.807, 2.05) is 30.3 Å². The SMILES string of the molecule is OC(Cc1ccccc1)CC(c1ccccc1)c1ccccc1. The van der Waals surface area contributed by atoms with Gasteiger partial charge in [-0.25, -0.2) is 0 Å². The molecule has 0 fully saturated rings. The van der Waals surface area contributed by atoms with Crippen molar-refractivity contribution in [2.24, 2.45) is 0 Å². The molecule has 1 heteroatoms. The largest absolute Gasteiger partial charge is 0.393 e. The lowest BCUT2D eigenvalue weighted by Crippen LogP contribution is -2.16. The topological polar surface area (TPSA) is 20.2 Å². The van der Waals surface area contributed by atoms with Gasteiger partial charge in [-0.1, -0.05) is 91.0 Å². The van der Waals surface area contributed by atoms with Gasteiger partial charge < -0.3 is 5.11 Å². The van der Waals surface area contributed by atoms with Crippen molar-refractivity contribution in [3.05, 3.63) is 108 Å². The molecule has 0 saturated carbocycles. The van der Waals surface area contributed by atoms with Gasteiger partial charge in [0.15, 0.2) is 0 Å². The minimum absolute atomic E-state index is 0.219. The van der Waals surface area contributed by atoms with E-state index in [0.29, 0.717) is 6.42 Å². The van der Waals surface area contributed by atoms with Crippen LogP contribution in [-0.4, -0.2) is 11.2 Å². The molecule has 0 aromatic heterocycles. The first-order chi connectivity index (χ1) is 11.3. The molecule has 116 valence electrons. The highest BCUT2D eigenvalue weighted by molar-refractivity contribution is 5.32. The molecule has 0 heterocycles. The van der Waals surface area contributed by atoms with Crippen LogP contribution in [0, 0.1) is 0 Å². The van der Waals surface area contributed by atoms with Gasteiger partial charge in [-0.2, -0.15) is 0 Å². The molecule has 1 N–H and O–H groups in total. The van der Waals surface area contributed by atoms with Gasteiger partial charge in [0.25, 0.3) is 0 Å². The van der Waals surface area contributed by atoms with E-state index in [1.165, 1.54) is 16.7 Å². The van der Waals surface area contributed by atoms with Crippen LogP contribution in [0.5, 0.6) is 0 Å². The Morgan fingerprint density at radius 2 is 1.04 bits per heavy atom. The first-order valence-corrected chi connectivity index (χ1v) is 8.15. The Morgan fingerprint density at radius 1 is 0.609 bits per heavy atom. The third kappa shape index (κ3) is 4.30. The Kier molecular flexibility index (Phi) is 5.23. The predicted octanol–water partition coefficient (Wildman–Crippen LogP) is 4.81. The van der Waals surface area contributed by atoms with Gasteiger partial charge in [0.2, 0.25) is 0 Å². The molecule has 1 nitrogen and oxygen atoms in total. The van der Waals surface area contributed by atoms with E-state index in [2.05, 4.69) is 60.7 Å². The molecule has 0 spiro atoms. The van der Waals surface area contributed by atoms with E-state index in [-0.39, 0.29) is 12.0 Å². The van der Waals surface area contributed by atoms with E-state index >= 15 is 0 Å². The summed E-state index contributed by atoms with van der Waals surface area (Å²) in [5, 5.41) is 10.6. The van der Waals surface area contributed by atoms with Crippen molar-refractivity contribution < 1.29 is 5.11 Å². The van der Waals surface area contributed by atoms with Crippen LogP contribution in [0.15, 0.2) is 91.0 Å². The van der Waals surface area contributed by atoms with Crippen molar-refractivity contribution >= 4 is 0 Å². The summed E-state index contributed by atoms with van der Waals surface area (Å²) in [7, 11) is 0.